The average Bonchev–Trinajstić information content (AvgIpc) is 2.88. The zero-order chi connectivity index (χ0) is 14.4. The molecule has 0 fully saturated rings. The van der Waals surface area contributed by atoms with Crippen molar-refractivity contribution in [3.8, 4) is 0 Å². The molecule has 3 nitrogen and oxygen atoms in total. The summed E-state index contributed by atoms with van der Waals surface area (Å²) in [6, 6.07) is 8.60. The van der Waals surface area contributed by atoms with E-state index in [2.05, 4.69) is 75.1 Å². The summed E-state index contributed by atoms with van der Waals surface area (Å²) in [6.45, 7) is 6.37. The van der Waals surface area contributed by atoms with Crippen LogP contribution in [0.2, 0.25) is 0 Å². The van der Waals surface area contributed by atoms with Crippen molar-refractivity contribution in [1.29, 1.82) is 0 Å². The minimum Gasteiger partial charge on any atom is -0.333 e. The molecule has 1 aromatic heterocycles. The largest absolute Gasteiger partial charge is 0.333 e. The summed E-state index contributed by atoms with van der Waals surface area (Å²) in [7, 11) is 0. The van der Waals surface area contributed by atoms with Crippen molar-refractivity contribution < 1.29 is 0 Å². The first kappa shape index (κ1) is 15.3. The van der Waals surface area contributed by atoms with E-state index in [1.807, 2.05) is 6.20 Å². The minimum absolute atomic E-state index is 0.147. The fourth-order valence-corrected chi connectivity index (χ4v) is 2.76. The third-order valence-electron chi connectivity index (χ3n) is 3.25. The number of hydrogen-bond acceptors (Lipinski definition) is 2. The highest BCUT2D eigenvalue weighted by molar-refractivity contribution is 9.10. The molecule has 2 rings (SSSR count). The Labute approximate surface area is 129 Å². The lowest BCUT2D eigenvalue weighted by atomic mass is 10.1. The number of imidazole rings is 1. The van der Waals surface area contributed by atoms with E-state index in [9.17, 15) is 0 Å². The number of halogens is 1. The molecule has 0 aliphatic heterocycles. The molecule has 1 unspecified atom stereocenters. The van der Waals surface area contributed by atoms with Gasteiger partial charge < -0.3 is 9.88 Å². The molecular formula is C16H22BrN3. The topological polar surface area (TPSA) is 29.9 Å². The smallest absolute Gasteiger partial charge is 0.130 e. The molecule has 0 saturated heterocycles. The van der Waals surface area contributed by atoms with Gasteiger partial charge in [0.15, 0.2) is 0 Å². The number of benzene rings is 1. The van der Waals surface area contributed by atoms with Crippen molar-refractivity contribution in [2.24, 2.45) is 0 Å². The lowest BCUT2D eigenvalue weighted by molar-refractivity contribution is 0.530. The predicted octanol–water partition coefficient (Wildman–Crippen LogP) is 4.14. The van der Waals surface area contributed by atoms with Crippen molar-refractivity contribution in [2.75, 3.05) is 6.54 Å². The van der Waals surface area contributed by atoms with Gasteiger partial charge in [0, 0.05) is 23.4 Å². The molecule has 20 heavy (non-hydrogen) atoms. The minimum atomic E-state index is 0.147. The monoisotopic (exact) mass is 335 g/mol. The molecule has 4 heteroatoms. The number of aryl methyl sites for hydroxylation is 1. The fraction of sp³-hybridized carbons (Fsp3) is 0.438. The molecule has 1 atom stereocenters. The maximum atomic E-state index is 4.58. The first-order chi connectivity index (χ1) is 9.76. The van der Waals surface area contributed by atoms with E-state index in [1.165, 1.54) is 5.56 Å². The molecule has 0 aliphatic rings. The summed E-state index contributed by atoms with van der Waals surface area (Å²) in [4.78, 5) is 4.58. The number of hydrogen-bond donors (Lipinski definition) is 1. The molecule has 1 heterocycles. The maximum absolute atomic E-state index is 4.58. The van der Waals surface area contributed by atoms with Crippen LogP contribution in [0.25, 0.3) is 0 Å². The number of aromatic nitrogens is 2. The van der Waals surface area contributed by atoms with Gasteiger partial charge in [0.1, 0.15) is 5.82 Å². The Hall–Kier alpha value is -1.13. The zero-order valence-corrected chi connectivity index (χ0v) is 13.7. The lowest BCUT2D eigenvalue weighted by Gasteiger charge is -2.20. The molecule has 0 amide bonds. The second-order valence-electron chi connectivity index (χ2n) is 4.92. The molecule has 0 spiro atoms. The van der Waals surface area contributed by atoms with Gasteiger partial charge in [-0.15, -0.1) is 0 Å². The van der Waals surface area contributed by atoms with Crippen molar-refractivity contribution in [2.45, 2.75) is 39.3 Å². The summed E-state index contributed by atoms with van der Waals surface area (Å²) >= 11 is 3.56. The Morgan fingerprint density at radius 3 is 2.85 bits per heavy atom. The van der Waals surface area contributed by atoms with Gasteiger partial charge in [-0.05, 0) is 37.1 Å². The molecule has 0 radical (unpaired) electrons. The second kappa shape index (κ2) is 7.60. The SMILES string of the molecule is CCCNC(c1cccc(Br)c1)c1nccn1CCC. The Balaban J connectivity index is 2.33. The van der Waals surface area contributed by atoms with Gasteiger partial charge in [-0.2, -0.15) is 0 Å². The number of nitrogens with one attached hydrogen (secondary N) is 1. The van der Waals surface area contributed by atoms with Crippen LogP contribution in [-0.2, 0) is 6.54 Å². The number of nitrogens with zero attached hydrogens (tertiary/aromatic N) is 2. The molecule has 108 valence electrons. The quantitative estimate of drug-likeness (QED) is 0.823. The lowest BCUT2D eigenvalue weighted by Crippen LogP contribution is -2.26. The van der Waals surface area contributed by atoms with Crippen LogP contribution in [0.4, 0.5) is 0 Å². The van der Waals surface area contributed by atoms with Crippen molar-refractivity contribution in [3.05, 3.63) is 52.5 Å². The summed E-state index contributed by atoms with van der Waals surface area (Å²) in [5.74, 6) is 1.10. The van der Waals surface area contributed by atoms with Crippen LogP contribution in [0.1, 0.15) is 44.1 Å². The highest BCUT2D eigenvalue weighted by atomic mass is 79.9. The van der Waals surface area contributed by atoms with Crippen LogP contribution >= 0.6 is 15.9 Å². The molecule has 0 saturated carbocycles. The van der Waals surface area contributed by atoms with Gasteiger partial charge >= 0.3 is 0 Å². The van der Waals surface area contributed by atoms with E-state index < -0.39 is 0 Å². The van der Waals surface area contributed by atoms with Crippen molar-refractivity contribution >= 4 is 15.9 Å². The first-order valence-electron chi connectivity index (χ1n) is 7.26. The first-order valence-corrected chi connectivity index (χ1v) is 8.05. The standard InChI is InChI=1S/C16H22BrN3/c1-3-8-18-15(13-6-5-7-14(17)12-13)16-19-9-11-20(16)10-4-2/h5-7,9,11-12,15,18H,3-4,8,10H2,1-2H3. The van der Waals surface area contributed by atoms with Crippen molar-refractivity contribution in [3.63, 3.8) is 0 Å². The molecule has 0 aliphatic carbocycles. The van der Waals surface area contributed by atoms with E-state index >= 15 is 0 Å². The molecule has 1 N–H and O–H groups in total. The van der Waals surface area contributed by atoms with Crippen LogP contribution < -0.4 is 5.32 Å². The Morgan fingerprint density at radius 2 is 2.15 bits per heavy atom. The fourth-order valence-electron chi connectivity index (χ4n) is 2.34. The van der Waals surface area contributed by atoms with Crippen LogP contribution in [0.3, 0.4) is 0 Å². The summed E-state index contributed by atoms with van der Waals surface area (Å²) < 4.78 is 3.35. The van der Waals surface area contributed by atoms with Crippen LogP contribution in [-0.4, -0.2) is 16.1 Å². The third kappa shape index (κ3) is 3.70. The molecule has 0 bridgehead atoms. The Kier molecular flexibility index (Phi) is 5.80. The number of rotatable bonds is 7. The van der Waals surface area contributed by atoms with E-state index in [4.69, 9.17) is 0 Å². The average molecular weight is 336 g/mol. The summed E-state index contributed by atoms with van der Waals surface area (Å²) in [5.41, 5.74) is 1.25. The maximum Gasteiger partial charge on any atom is 0.130 e. The van der Waals surface area contributed by atoms with E-state index in [-0.39, 0.29) is 6.04 Å². The highest BCUT2D eigenvalue weighted by Crippen LogP contribution is 2.24. The van der Waals surface area contributed by atoms with Gasteiger partial charge in [0.25, 0.3) is 0 Å². The van der Waals surface area contributed by atoms with E-state index in [1.54, 1.807) is 0 Å². The van der Waals surface area contributed by atoms with E-state index in [0.29, 0.717) is 0 Å². The Morgan fingerprint density at radius 1 is 1.30 bits per heavy atom. The zero-order valence-electron chi connectivity index (χ0n) is 12.1. The highest BCUT2D eigenvalue weighted by Gasteiger charge is 2.18. The van der Waals surface area contributed by atoms with Crippen LogP contribution in [0.5, 0.6) is 0 Å². The normalized spacial score (nSPS) is 12.6. The van der Waals surface area contributed by atoms with E-state index in [0.717, 1.165) is 36.2 Å². The predicted molar refractivity (Wildman–Crippen MR) is 86.8 cm³/mol. The molecule has 2 aromatic rings. The Bertz CT molecular complexity index is 536. The molecular weight excluding hydrogens is 314 g/mol. The third-order valence-corrected chi connectivity index (χ3v) is 3.74. The van der Waals surface area contributed by atoms with Crippen molar-refractivity contribution in [1.82, 2.24) is 14.9 Å². The summed E-state index contributed by atoms with van der Waals surface area (Å²) in [6.07, 6.45) is 6.18. The van der Waals surface area contributed by atoms with Gasteiger partial charge in [-0.3, -0.25) is 0 Å². The van der Waals surface area contributed by atoms with Gasteiger partial charge in [-0.1, -0.05) is 41.9 Å². The summed E-state index contributed by atoms with van der Waals surface area (Å²) in [5, 5.41) is 3.61. The van der Waals surface area contributed by atoms with Crippen LogP contribution in [0, 0.1) is 0 Å². The second-order valence-corrected chi connectivity index (χ2v) is 5.84. The molecule has 1 aromatic carbocycles. The van der Waals surface area contributed by atoms with Gasteiger partial charge in [0.2, 0.25) is 0 Å². The van der Waals surface area contributed by atoms with Gasteiger partial charge in [0.05, 0.1) is 6.04 Å². The van der Waals surface area contributed by atoms with Gasteiger partial charge in [-0.25, -0.2) is 4.98 Å². The van der Waals surface area contributed by atoms with Crippen LogP contribution in [0.15, 0.2) is 41.1 Å².